The van der Waals surface area contributed by atoms with E-state index in [1.54, 1.807) is 61.7 Å². The standard InChI is InChI=1S/C30H30N2O6/c1-5-37-28(34)30(36,29(35)38-6-2)26-20(4)22-14-10-11-15-24(22)32(26)25-17-16-19(3)18-23(25)31-27(33)21-12-8-7-9-13-21/h7-18,36H,5-6H2,1-4H3,(H,31,33). The molecular formula is C30H30N2O6. The van der Waals surface area contributed by atoms with E-state index in [-0.39, 0.29) is 24.8 Å². The van der Waals surface area contributed by atoms with Crippen molar-refractivity contribution >= 4 is 34.4 Å². The number of aliphatic hydroxyl groups is 1. The van der Waals surface area contributed by atoms with Crippen LogP contribution < -0.4 is 5.32 Å². The Bertz CT molecular complexity index is 1490. The van der Waals surface area contributed by atoms with Crippen molar-refractivity contribution in [3.63, 3.8) is 0 Å². The number of carbonyl (C=O) groups is 3. The number of aromatic nitrogens is 1. The first-order chi connectivity index (χ1) is 18.2. The molecule has 0 saturated heterocycles. The number of rotatable bonds is 8. The van der Waals surface area contributed by atoms with Crippen LogP contribution in [0.2, 0.25) is 0 Å². The number of ether oxygens (including phenoxy) is 2. The molecule has 4 aromatic rings. The van der Waals surface area contributed by atoms with Crippen LogP contribution in [-0.2, 0) is 24.7 Å². The van der Waals surface area contributed by atoms with Gasteiger partial charge in [-0.05, 0) is 69.2 Å². The van der Waals surface area contributed by atoms with Crippen molar-refractivity contribution in [2.45, 2.75) is 33.3 Å². The van der Waals surface area contributed by atoms with Crippen LogP contribution in [-0.4, -0.2) is 40.7 Å². The Balaban J connectivity index is 2.03. The molecule has 38 heavy (non-hydrogen) atoms. The summed E-state index contributed by atoms with van der Waals surface area (Å²) in [5.41, 5.74) is 0.537. The zero-order valence-electron chi connectivity index (χ0n) is 21.8. The zero-order chi connectivity index (χ0) is 27.4. The highest BCUT2D eigenvalue weighted by Gasteiger charge is 2.53. The summed E-state index contributed by atoms with van der Waals surface area (Å²) in [6, 6.07) is 21.4. The largest absolute Gasteiger partial charge is 0.463 e. The third-order valence-electron chi connectivity index (χ3n) is 6.29. The number of fused-ring (bicyclic) bond motifs is 1. The molecule has 0 atom stereocenters. The molecule has 3 aromatic carbocycles. The maximum atomic E-state index is 13.2. The van der Waals surface area contributed by atoms with Gasteiger partial charge in [0.25, 0.3) is 5.91 Å². The molecule has 0 aliphatic heterocycles. The zero-order valence-corrected chi connectivity index (χ0v) is 21.8. The summed E-state index contributed by atoms with van der Waals surface area (Å²) < 4.78 is 11.9. The number of anilines is 1. The fraction of sp³-hybridized carbons (Fsp3) is 0.233. The molecule has 0 aliphatic carbocycles. The van der Waals surface area contributed by atoms with Crippen molar-refractivity contribution in [1.82, 2.24) is 4.57 Å². The van der Waals surface area contributed by atoms with E-state index in [0.29, 0.717) is 33.4 Å². The van der Waals surface area contributed by atoms with Crippen molar-refractivity contribution in [2.24, 2.45) is 0 Å². The Hall–Kier alpha value is -4.43. The highest BCUT2D eigenvalue weighted by molar-refractivity contribution is 6.08. The van der Waals surface area contributed by atoms with Crippen LogP contribution in [0, 0.1) is 13.8 Å². The average molecular weight is 515 g/mol. The van der Waals surface area contributed by atoms with Crippen LogP contribution in [0.1, 0.15) is 41.0 Å². The fourth-order valence-electron chi connectivity index (χ4n) is 4.56. The topological polar surface area (TPSA) is 107 Å². The van der Waals surface area contributed by atoms with Crippen LogP contribution in [0.15, 0.2) is 72.8 Å². The minimum atomic E-state index is -2.76. The number of hydrogen-bond donors (Lipinski definition) is 2. The summed E-state index contributed by atoms with van der Waals surface area (Å²) in [4.78, 5) is 39.6. The lowest BCUT2D eigenvalue weighted by atomic mass is 9.95. The molecule has 0 radical (unpaired) electrons. The molecule has 4 rings (SSSR count). The molecule has 0 fully saturated rings. The summed E-state index contributed by atoms with van der Waals surface area (Å²) in [5, 5.41) is 15.5. The second-order valence-corrected chi connectivity index (χ2v) is 8.82. The predicted molar refractivity (Wildman–Crippen MR) is 144 cm³/mol. The molecule has 2 N–H and O–H groups in total. The highest BCUT2D eigenvalue weighted by Crippen LogP contribution is 2.39. The number of carbonyl (C=O) groups excluding carboxylic acids is 3. The second kappa shape index (κ2) is 10.9. The van der Waals surface area contributed by atoms with E-state index in [9.17, 15) is 19.5 Å². The number of nitrogens with zero attached hydrogens (tertiary/aromatic N) is 1. The predicted octanol–water partition coefficient (Wildman–Crippen LogP) is 4.81. The third kappa shape index (κ3) is 4.66. The quantitative estimate of drug-likeness (QED) is 0.258. The van der Waals surface area contributed by atoms with Crippen LogP contribution in [0.5, 0.6) is 0 Å². The minimum absolute atomic E-state index is 0.0188. The first-order valence-corrected chi connectivity index (χ1v) is 12.4. The lowest BCUT2D eigenvalue weighted by Gasteiger charge is -2.27. The number of aryl methyl sites for hydroxylation is 2. The Kier molecular flexibility index (Phi) is 7.64. The first-order valence-electron chi connectivity index (χ1n) is 12.4. The Labute approximate surface area is 220 Å². The molecular weight excluding hydrogens is 484 g/mol. The molecule has 0 unspecified atom stereocenters. The number of benzene rings is 3. The van der Waals surface area contributed by atoms with Crippen LogP contribution in [0.25, 0.3) is 16.6 Å². The van der Waals surface area contributed by atoms with Crippen molar-refractivity contribution < 1.29 is 29.0 Å². The number of para-hydroxylation sites is 1. The number of amides is 1. The summed E-state index contributed by atoms with van der Waals surface area (Å²) in [6.45, 7) is 6.67. The van der Waals surface area contributed by atoms with Gasteiger partial charge in [-0.3, -0.25) is 4.79 Å². The third-order valence-corrected chi connectivity index (χ3v) is 6.29. The Morgan fingerprint density at radius 1 is 0.868 bits per heavy atom. The number of hydrogen-bond acceptors (Lipinski definition) is 6. The SMILES string of the molecule is CCOC(=O)C(O)(C(=O)OCC)c1c(C)c2ccccc2n1-c1ccc(C)cc1NC(=O)c1ccccc1. The smallest absolute Gasteiger partial charge is 0.356 e. The van der Waals surface area contributed by atoms with E-state index < -0.39 is 17.5 Å². The van der Waals surface area contributed by atoms with E-state index in [1.165, 1.54) is 0 Å². The van der Waals surface area contributed by atoms with Crippen molar-refractivity contribution in [3.8, 4) is 5.69 Å². The molecule has 1 amide bonds. The lowest BCUT2D eigenvalue weighted by Crippen LogP contribution is -2.48. The van der Waals surface area contributed by atoms with E-state index >= 15 is 0 Å². The van der Waals surface area contributed by atoms with Crippen molar-refractivity contribution in [2.75, 3.05) is 18.5 Å². The van der Waals surface area contributed by atoms with E-state index in [1.807, 2.05) is 43.3 Å². The molecule has 8 heteroatoms. The normalized spacial score (nSPS) is 11.3. The van der Waals surface area contributed by atoms with Crippen LogP contribution in [0.4, 0.5) is 5.69 Å². The summed E-state index contributed by atoms with van der Waals surface area (Å²) in [7, 11) is 0. The number of esters is 2. The van der Waals surface area contributed by atoms with Gasteiger partial charge in [-0.1, -0.05) is 42.5 Å². The summed E-state index contributed by atoms with van der Waals surface area (Å²) in [6.07, 6.45) is 0. The first kappa shape index (κ1) is 26.6. The van der Waals surface area contributed by atoms with E-state index in [2.05, 4.69) is 5.32 Å². The summed E-state index contributed by atoms with van der Waals surface area (Å²) in [5.74, 6) is -2.63. The van der Waals surface area contributed by atoms with Crippen molar-refractivity contribution in [1.29, 1.82) is 0 Å². The van der Waals surface area contributed by atoms with Crippen LogP contribution >= 0.6 is 0 Å². The maximum absolute atomic E-state index is 13.2. The molecule has 0 saturated carbocycles. The minimum Gasteiger partial charge on any atom is -0.463 e. The Morgan fingerprint density at radius 3 is 2.11 bits per heavy atom. The molecule has 0 spiro atoms. The molecule has 1 heterocycles. The molecule has 196 valence electrons. The van der Waals surface area contributed by atoms with Gasteiger partial charge in [0, 0.05) is 10.9 Å². The average Bonchev–Trinajstić information content (AvgIpc) is 3.21. The second-order valence-electron chi connectivity index (χ2n) is 8.82. The molecule has 0 bridgehead atoms. The maximum Gasteiger partial charge on any atom is 0.356 e. The van der Waals surface area contributed by atoms with E-state index in [4.69, 9.17) is 9.47 Å². The van der Waals surface area contributed by atoms with Gasteiger partial charge in [-0.25, -0.2) is 9.59 Å². The van der Waals surface area contributed by atoms with Crippen LogP contribution in [0.3, 0.4) is 0 Å². The highest BCUT2D eigenvalue weighted by atomic mass is 16.6. The summed E-state index contributed by atoms with van der Waals surface area (Å²) >= 11 is 0. The molecule has 8 nitrogen and oxygen atoms in total. The van der Waals surface area contributed by atoms with E-state index in [0.717, 1.165) is 5.56 Å². The molecule has 1 aromatic heterocycles. The van der Waals surface area contributed by atoms with Gasteiger partial charge in [0.05, 0.1) is 35.8 Å². The van der Waals surface area contributed by atoms with Crippen molar-refractivity contribution in [3.05, 3.63) is 95.2 Å². The van der Waals surface area contributed by atoms with Gasteiger partial charge >= 0.3 is 17.5 Å². The monoisotopic (exact) mass is 514 g/mol. The Morgan fingerprint density at radius 2 is 1.47 bits per heavy atom. The molecule has 0 aliphatic rings. The van der Waals surface area contributed by atoms with Gasteiger partial charge in [-0.2, -0.15) is 0 Å². The van der Waals surface area contributed by atoms with Gasteiger partial charge in [-0.15, -0.1) is 0 Å². The van der Waals surface area contributed by atoms with Gasteiger partial charge in [0.15, 0.2) is 0 Å². The fourth-order valence-corrected chi connectivity index (χ4v) is 4.56. The lowest BCUT2D eigenvalue weighted by molar-refractivity contribution is -0.185. The van der Waals surface area contributed by atoms with Gasteiger partial charge < -0.3 is 24.5 Å². The van der Waals surface area contributed by atoms with Gasteiger partial charge in [0.1, 0.15) is 0 Å². The number of nitrogens with one attached hydrogen (secondary N) is 1. The van der Waals surface area contributed by atoms with Gasteiger partial charge in [0.2, 0.25) is 0 Å².